The van der Waals surface area contributed by atoms with E-state index in [1.165, 1.54) is 0 Å². The van der Waals surface area contributed by atoms with Crippen LogP contribution in [0.5, 0.6) is 0 Å². The molecule has 23 heavy (non-hydrogen) atoms. The minimum absolute atomic E-state index is 0.0182. The van der Waals surface area contributed by atoms with E-state index < -0.39 is 12.1 Å². The van der Waals surface area contributed by atoms with Gasteiger partial charge in [-0.05, 0) is 24.7 Å². The number of aliphatic imine (C=N–C) groups is 1. The summed E-state index contributed by atoms with van der Waals surface area (Å²) in [6.45, 7) is 6.78. The molecular formula is C16H30F3N3O. The second-order valence-corrected chi connectivity index (χ2v) is 7.29. The number of methoxy groups -OCH3 is 1. The lowest BCUT2D eigenvalue weighted by molar-refractivity contribution is -0.183. The molecule has 0 saturated heterocycles. The Balaban J connectivity index is 2.53. The van der Waals surface area contributed by atoms with Crippen LogP contribution in [0.15, 0.2) is 4.99 Å². The zero-order valence-corrected chi connectivity index (χ0v) is 14.8. The van der Waals surface area contributed by atoms with Gasteiger partial charge in [0.2, 0.25) is 0 Å². The maximum Gasteiger partial charge on any atom is 0.391 e. The van der Waals surface area contributed by atoms with Crippen molar-refractivity contribution in [3.05, 3.63) is 0 Å². The van der Waals surface area contributed by atoms with Gasteiger partial charge in [0, 0.05) is 26.7 Å². The second-order valence-electron chi connectivity index (χ2n) is 7.29. The Morgan fingerprint density at radius 3 is 2.39 bits per heavy atom. The van der Waals surface area contributed by atoms with Gasteiger partial charge in [-0.15, -0.1) is 0 Å². The minimum Gasteiger partial charge on any atom is -0.379 e. The van der Waals surface area contributed by atoms with Crippen molar-refractivity contribution in [3.8, 4) is 0 Å². The predicted molar refractivity (Wildman–Crippen MR) is 86.6 cm³/mol. The number of alkyl halides is 3. The van der Waals surface area contributed by atoms with E-state index in [-0.39, 0.29) is 30.4 Å². The van der Waals surface area contributed by atoms with E-state index >= 15 is 0 Å². The lowest BCUT2D eigenvalue weighted by atomic mass is 9.85. The molecule has 0 aromatic heterocycles. The molecule has 1 aliphatic rings. The summed E-state index contributed by atoms with van der Waals surface area (Å²) >= 11 is 0. The molecule has 0 heterocycles. The first kappa shape index (κ1) is 20.1. The van der Waals surface area contributed by atoms with Crippen molar-refractivity contribution in [2.75, 3.05) is 20.7 Å². The summed E-state index contributed by atoms with van der Waals surface area (Å²) in [5.74, 6) is -0.683. The molecule has 0 bridgehead atoms. The van der Waals surface area contributed by atoms with E-state index in [1.54, 1.807) is 14.2 Å². The van der Waals surface area contributed by atoms with Crippen molar-refractivity contribution >= 4 is 5.96 Å². The number of nitrogens with zero attached hydrogens (tertiary/aromatic N) is 1. The Hall–Kier alpha value is -0.980. The Labute approximate surface area is 137 Å². The van der Waals surface area contributed by atoms with Crippen LogP contribution in [0.2, 0.25) is 0 Å². The van der Waals surface area contributed by atoms with E-state index in [4.69, 9.17) is 4.74 Å². The number of nitrogens with one attached hydrogen (secondary N) is 2. The molecular weight excluding hydrogens is 307 g/mol. The molecule has 1 rings (SSSR count). The molecule has 0 amide bonds. The van der Waals surface area contributed by atoms with E-state index in [9.17, 15) is 13.2 Å². The molecule has 4 nitrogen and oxygen atoms in total. The van der Waals surface area contributed by atoms with Crippen LogP contribution in [0, 0.1) is 11.3 Å². The average Bonchev–Trinajstić information content (AvgIpc) is 2.44. The van der Waals surface area contributed by atoms with Gasteiger partial charge < -0.3 is 15.4 Å². The van der Waals surface area contributed by atoms with Gasteiger partial charge in [-0.2, -0.15) is 13.2 Å². The zero-order chi connectivity index (χ0) is 17.7. The molecule has 1 aliphatic carbocycles. The third kappa shape index (κ3) is 6.57. The monoisotopic (exact) mass is 337 g/mol. The van der Waals surface area contributed by atoms with Gasteiger partial charge in [-0.25, -0.2) is 0 Å². The Kier molecular flexibility index (Phi) is 7.17. The maximum atomic E-state index is 12.9. The quantitative estimate of drug-likeness (QED) is 0.611. The molecule has 3 unspecified atom stereocenters. The zero-order valence-electron chi connectivity index (χ0n) is 14.8. The highest BCUT2D eigenvalue weighted by Crippen LogP contribution is 2.37. The standard InChI is InChI=1S/C16H30F3N3O/c1-15(2,3)13(23-5)10-21-14(20-4)22-12-8-6-7-11(9-12)16(17,18)19/h11-13H,6-10H2,1-5H3,(H2,20,21,22). The Bertz CT molecular complexity index is 391. The van der Waals surface area contributed by atoms with Gasteiger partial charge in [0.15, 0.2) is 5.96 Å². The van der Waals surface area contributed by atoms with E-state index in [0.29, 0.717) is 18.9 Å². The number of rotatable bonds is 4. The van der Waals surface area contributed by atoms with Crippen LogP contribution in [-0.4, -0.2) is 45.0 Å². The highest BCUT2D eigenvalue weighted by Gasteiger charge is 2.42. The van der Waals surface area contributed by atoms with Crippen molar-refractivity contribution in [1.82, 2.24) is 10.6 Å². The largest absolute Gasteiger partial charge is 0.391 e. The lowest BCUT2D eigenvalue weighted by Crippen LogP contribution is -2.49. The summed E-state index contributed by atoms with van der Waals surface area (Å²) in [5.41, 5.74) is -0.0349. The van der Waals surface area contributed by atoms with Crippen LogP contribution < -0.4 is 10.6 Å². The smallest absolute Gasteiger partial charge is 0.379 e. The van der Waals surface area contributed by atoms with Gasteiger partial charge in [0.1, 0.15) is 0 Å². The minimum atomic E-state index is -4.11. The average molecular weight is 337 g/mol. The third-order valence-corrected chi connectivity index (χ3v) is 4.41. The highest BCUT2D eigenvalue weighted by atomic mass is 19.4. The van der Waals surface area contributed by atoms with Crippen LogP contribution >= 0.6 is 0 Å². The maximum absolute atomic E-state index is 12.9. The Morgan fingerprint density at radius 2 is 1.91 bits per heavy atom. The van der Waals surface area contributed by atoms with Crippen LogP contribution in [0.3, 0.4) is 0 Å². The van der Waals surface area contributed by atoms with Gasteiger partial charge in [-0.1, -0.05) is 27.2 Å². The first-order valence-electron chi connectivity index (χ1n) is 8.14. The third-order valence-electron chi connectivity index (χ3n) is 4.41. The SMILES string of the molecule is CN=C(NCC(OC)C(C)(C)C)NC1CCCC(C(F)(F)F)C1. The predicted octanol–water partition coefficient (Wildman–Crippen LogP) is 3.33. The molecule has 2 N–H and O–H groups in total. The lowest BCUT2D eigenvalue weighted by Gasteiger charge is -2.33. The molecule has 3 atom stereocenters. The van der Waals surface area contributed by atoms with Crippen LogP contribution in [0.4, 0.5) is 13.2 Å². The van der Waals surface area contributed by atoms with Crippen molar-refractivity contribution < 1.29 is 17.9 Å². The molecule has 7 heteroatoms. The molecule has 0 aliphatic heterocycles. The fourth-order valence-electron chi connectivity index (χ4n) is 2.94. The topological polar surface area (TPSA) is 45.7 Å². The molecule has 0 aromatic rings. The summed E-state index contributed by atoms with van der Waals surface area (Å²) in [7, 11) is 3.28. The number of ether oxygens (including phenoxy) is 1. The number of hydrogen-bond donors (Lipinski definition) is 2. The first-order chi connectivity index (χ1) is 10.6. The summed E-state index contributed by atoms with van der Waals surface area (Å²) < 4.78 is 44.1. The van der Waals surface area contributed by atoms with Crippen LogP contribution in [0.25, 0.3) is 0 Å². The van der Waals surface area contributed by atoms with Crippen LogP contribution in [-0.2, 0) is 4.74 Å². The molecule has 1 saturated carbocycles. The molecule has 1 fully saturated rings. The summed E-state index contributed by atoms with van der Waals surface area (Å²) in [6.07, 6.45) is -2.47. The van der Waals surface area contributed by atoms with Crippen molar-refractivity contribution in [1.29, 1.82) is 0 Å². The van der Waals surface area contributed by atoms with Gasteiger partial charge in [0.05, 0.1) is 12.0 Å². The molecule has 136 valence electrons. The van der Waals surface area contributed by atoms with Crippen LogP contribution in [0.1, 0.15) is 46.5 Å². The number of guanidine groups is 1. The summed E-state index contributed by atoms with van der Waals surface area (Å²) in [5, 5.41) is 6.28. The van der Waals surface area contributed by atoms with Gasteiger partial charge in [0.25, 0.3) is 0 Å². The van der Waals surface area contributed by atoms with Gasteiger partial charge in [-0.3, -0.25) is 4.99 Å². The van der Waals surface area contributed by atoms with Gasteiger partial charge >= 0.3 is 6.18 Å². The van der Waals surface area contributed by atoms with Crippen molar-refractivity contribution in [3.63, 3.8) is 0 Å². The fourth-order valence-corrected chi connectivity index (χ4v) is 2.94. The van der Waals surface area contributed by atoms with Crippen molar-refractivity contribution in [2.45, 2.75) is 64.8 Å². The normalized spacial score (nSPS) is 25.1. The second kappa shape index (κ2) is 8.22. The highest BCUT2D eigenvalue weighted by molar-refractivity contribution is 5.80. The number of halogens is 3. The van der Waals surface area contributed by atoms with Crippen molar-refractivity contribution in [2.24, 2.45) is 16.3 Å². The first-order valence-corrected chi connectivity index (χ1v) is 8.14. The number of hydrogen-bond acceptors (Lipinski definition) is 2. The van der Waals surface area contributed by atoms with E-state index in [1.807, 2.05) is 0 Å². The van der Waals surface area contributed by atoms with E-state index in [2.05, 4.69) is 36.4 Å². The molecule has 0 spiro atoms. The van der Waals surface area contributed by atoms with E-state index in [0.717, 1.165) is 6.42 Å². The molecule has 0 radical (unpaired) electrons. The fraction of sp³-hybridized carbons (Fsp3) is 0.938. The Morgan fingerprint density at radius 1 is 1.26 bits per heavy atom. The summed E-state index contributed by atoms with van der Waals surface area (Å²) in [6, 6.07) is -0.197. The summed E-state index contributed by atoms with van der Waals surface area (Å²) in [4.78, 5) is 4.12. The molecule has 0 aromatic carbocycles.